The highest BCUT2D eigenvalue weighted by Crippen LogP contribution is 2.34. The zero-order valence-corrected chi connectivity index (χ0v) is 8.62. The molecule has 0 unspecified atom stereocenters. The Bertz CT molecular complexity index is 395. The van der Waals surface area contributed by atoms with Crippen LogP contribution in [0.25, 0.3) is 0 Å². The second kappa shape index (κ2) is 2.98. The van der Waals surface area contributed by atoms with Crippen molar-refractivity contribution in [2.45, 2.75) is 6.10 Å². The summed E-state index contributed by atoms with van der Waals surface area (Å²) in [7, 11) is 0. The molecule has 0 saturated carbocycles. The van der Waals surface area contributed by atoms with E-state index in [1.54, 1.807) is 11.8 Å². The van der Waals surface area contributed by atoms with Gasteiger partial charge in [0.15, 0.2) is 6.10 Å². The molecule has 4 heteroatoms. The first kappa shape index (κ1) is 8.29. The number of oxime groups is 1. The number of allylic oxidation sites excluding steroid dienone is 2. The van der Waals surface area contributed by atoms with Crippen molar-refractivity contribution in [3.05, 3.63) is 23.8 Å². The second-order valence-electron chi connectivity index (χ2n) is 3.48. The van der Waals surface area contributed by atoms with Crippen LogP contribution in [-0.4, -0.2) is 29.7 Å². The largest absolute Gasteiger partial charge is 0.387 e. The smallest absolute Gasteiger partial charge is 0.158 e. The molecule has 0 N–H and O–H groups in total. The van der Waals surface area contributed by atoms with Gasteiger partial charge in [-0.1, -0.05) is 17.3 Å². The molecule has 2 aliphatic heterocycles. The van der Waals surface area contributed by atoms with E-state index in [0.29, 0.717) is 5.92 Å². The van der Waals surface area contributed by atoms with E-state index in [0.717, 1.165) is 17.3 Å². The van der Waals surface area contributed by atoms with Crippen molar-refractivity contribution in [1.82, 2.24) is 0 Å². The lowest BCUT2D eigenvalue weighted by atomic mass is 9.84. The Hall–Kier alpha value is -1.03. The average Bonchev–Trinajstić information content (AvgIpc) is 2.66. The number of thioether (sulfide) groups is 1. The van der Waals surface area contributed by atoms with Crippen molar-refractivity contribution >= 4 is 22.5 Å². The van der Waals surface area contributed by atoms with Crippen LogP contribution in [-0.2, 0) is 4.84 Å². The fourth-order valence-corrected chi connectivity index (χ4v) is 2.62. The molecule has 14 heavy (non-hydrogen) atoms. The minimum atomic E-state index is 0.114. The van der Waals surface area contributed by atoms with Gasteiger partial charge in [0.05, 0.1) is 12.5 Å². The molecule has 0 saturated heterocycles. The molecule has 3 nitrogen and oxygen atoms in total. The predicted molar refractivity (Wildman–Crippen MR) is 58.8 cm³/mol. The first-order chi connectivity index (χ1) is 6.90. The van der Waals surface area contributed by atoms with E-state index < -0.39 is 0 Å². The third-order valence-electron chi connectivity index (χ3n) is 2.72. The van der Waals surface area contributed by atoms with Gasteiger partial charge in [-0.05, 0) is 17.9 Å². The van der Waals surface area contributed by atoms with Gasteiger partial charge in [0.25, 0.3) is 0 Å². The Kier molecular flexibility index (Phi) is 1.77. The summed E-state index contributed by atoms with van der Waals surface area (Å²) in [6.07, 6.45) is 8.37. The molecule has 0 fully saturated rings. The first-order valence-electron chi connectivity index (χ1n) is 4.60. The summed E-state index contributed by atoms with van der Waals surface area (Å²) in [4.78, 5) is 9.85. The van der Waals surface area contributed by atoms with E-state index in [2.05, 4.69) is 22.3 Å². The maximum atomic E-state index is 5.37. The number of aliphatic imine (C=N–C) groups is 1. The van der Waals surface area contributed by atoms with Crippen LogP contribution in [0.15, 0.2) is 33.9 Å². The number of hydrogen-bond donors (Lipinski definition) is 0. The molecule has 72 valence electrons. The van der Waals surface area contributed by atoms with Crippen LogP contribution < -0.4 is 0 Å². The summed E-state index contributed by atoms with van der Waals surface area (Å²) in [5.74, 6) is 0.333. The molecule has 0 aromatic rings. The fourth-order valence-electron chi connectivity index (χ4n) is 2.05. The normalized spacial score (nSPS) is 32.8. The Balaban J connectivity index is 2.07. The van der Waals surface area contributed by atoms with Gasteiger partial charge in [-0.3, -0.25) is 4.99 Å². The van der Waals surface area contributed by atoms with Crippen molar-refractivity contribution < 1.29 is 4.84 Å². The zero-order valence-electron chi connectivity index (χ0n) is 7.80. The molecule has 0 aromatic carbocycles. The Morgan fingerprint density at radius 1 is 1.57 bits per heavy atom. The molecule has 0 aromatic heterocycles. The van der Waals surface area contributed by atoms with Crippen molar-refractivity contribution in [2.75, 3.05) is 12.8 Å². The van der Waals surface area contributed by atoms with Gasteiger partial charge >= 0.3 is 0 Å². The van der Waals surface area contributed by atoms with Crippen LogP contribution in [0, 0.1) is 5.92 Å². The third-order valence-corrected chi connectivity index (χ3v) is 3.45. The molecule has 0 bridgehead atoms. The molecule has 0 amide bonds. The maximum Gasteiger partial charge on any atom is 0.158 e. The van der Waals surface area contributed by atoms with Crippen LogP contribution >= 0.6 is 11.8 Å². The lowest BCUT2D eigenvalue weighted by Crippen LogP contribution is -2.33. The molecule has 0 radical (unpaired) electrons. The standard InChI is InChI=1S/C10H10N2OS/c1-14-10-9-8-6(5-11-10)3-2-4-7(8)13-12-9/h2-4,7-8H,5H2,1H3/t7-,8+/m1/s1. The summed E-state index contributed by atoms with van der Waals surface area (Å²) in [5.41, 5.74) is 2.34. The molecule has 0 spiro atoms. The predicted octanol–water partition coefficient (Wildman–Crippen LogP) is 1.63. The van der Waals surface area contributed by atoms with E-state index in [9.17, 15) is 0 Å². The van der Waals surface area contributed by atoms with Crippen molar-refractivity contribution in [2.24, 2.45) is 16.1 Å². The van der Waals surface area contributed by atoms with Crippen LogP contribution in [0.3, 0.4) is 0 Å². The van der Waals surface area contributed by atoms with Crippen molar-refractivity contribution in [3.63, 3.8) is 0 Å². The summed E-state index contributed by atoms with van der Waals surface area (Å²) in [5, 5.41) is 5.16. The van der Waals surface area contributed by atoms with Gasteiger partial charge in [0.1, 0.15) is 10.8 Å². The van der Waals surface area contributed by atoms with Crippen LogP contribution in [0.5, 0.6) is 0 Å². The van der Waals surface area contributed by atoms with Crippen LogP contribution in [0.4, 0.5) is 0 Å². The molecular formula is C10H10N2OS. The molecule has 3 rings (SSSR count). The molecule has 2 atom stereocenters. The minimum Gasteiger partial charge on any atom is -0.387 e. The minimum absolute atomic E-state index is 0.114. The molecule has 3 aliphatic rings. The van der Waals surface area contributed by atoms with Crippen LogP contribution in [0.2, 0.25) is 0 Å². The second-order valence-corrected chi connectivity index (χ2v) is 4.27. The van der Waals surface area contributed by atoms with Crippen molar-refractivity contribution in [1.29, 1.82) is 0 Å². The fraction of sp³-hybridized carbons (Fsp3) is 0.400. The Morgan fingerprint density at radius 3 is 3.36 bits per heavy atom. The highest BCUT2D eigenvalue weighted by Gasteiger charge is 2.40. The van der Waals surface area contributed by atoms with Gasteiger partial charge in [0.2, 0.25) is 0 Å². The van der Waals surface area contributed by atoms with Gasteiger partial charge in [-0.25, -0.2) is 0 Å². The molecule has 2 heterocycles. The van der Waals surface area contributed by atoms with Gasteiger partial charge in [0, 0.05) is 0 Å². The highest BCUT2D eigenvalue weighted by atomic mass is 32.2. The van der Waals surface area contributed by atoms with E-state index in [4.69, 9.17) is 4.84 Å². The first-order valence-corrected chi connectivity index (χ1v) is 5.82. The average molecular weight is 206 g/mol. The number of nitrogens with zero attached hydrogens (tertiary/aromatic N) is 2. The molecule has 1 aliphatic carbocycles. The van der Waals surface area contributed by atoms with E-state index in [1.165, 1.54) is 5.57 Å². The third kappa shape index (κ3) is 1.00. The monoisotopic (exact) mass is 206 g/mol. The Morgan fingerprint density at radius 2 is 2.50 bits per heavy atom. The number of rotatable bonds is 0. The van der Waals surface area contributed by atoms with Gasteiger partial charge in [-0.2, -0.15) is 0 Å². The van der Waals surface area contributed by atoms with E-state index in [-0.39, 0.29) is 6.10 Å². The summed E-state index contributed by atoms with van der Waals surface area (Å²) >= 11 is 1.65. The van der Waals surface area contributed by atoms with Gasteiger partial charge in [-0.15, -0.1) is 11.8 Å². The lowest BCUT2D eigenvalue weighted by molar-refractivity contribution is 0.103. The van der Waals surface area contributed by atoms with E-state index in [1.807, 2.05) is 12.3 Å². The number of hydrogen-bond acceptors (Lipinski definition) is 4. The van der Waals surface area contributed by atoms with Gasteiger partial charge < -0.3 is 4.84 Å². The summed E-state index contributed by atoms with van der Waals surface area (Å²) < 4.78 is 0. The Labute approximate surface area is 86.6 Å². The zero-order chi connectivity index (χ0) is 9.54. The van der Waals surface area contributed by atoms with E-state index >= 15 is 0 Å². The quantitative estimate of drug-likeness (QED) is 0.603. The highest BCUT2D eigenvalue weighted by molar-refractivity contribution is 8.15. The topological polar surface area (TPSA) is 34.0 Å². The molecular weight excluding hydrogens is 196 g/mol. The maximum absolute atomic E-state index is 5.37. The summed E-state index contributed by atoms with van der Waals surface area (Å²) in [6, 6.07) is 0. The van der Waals surface area contributed by atoms with Crippen LogP contribution in [0.1, 0.15) is 0 Å². The lowest BCUT2D eigenvalue weighted by Gasteiger charge is -2.24. The summed E-state index contributed by atoms with van der Waals surface area (Å²) in [6.45, 7) is 0.796. The SMILES string of the molecule is CSC1=NCC2=CC=C[C@H]3ON=C1[C@@H]23. The van der Waals surface area contributed by atoms with Crippen molar-refractivity contribution in [3.8, 4) is 0 Å².